The third-order valence-electron chi connectivity index (χ3n) is 3.32. The first-order chi connectivity index (χ1) is 11.0. The largest absolute Gasteiger partial charge is 0.467 e. The highest BCUT2D eigenvalue weighted by molar-refractivity contribution is 5.88. The number of hydrogen-bond acceptors (Lipinski definition) is 4. The fourth-order valence-electron chi connectivity index (χ4n) is 2.30. The van der Waals surface area contributed by atoms with E-state index in [0.717, 1.165) is 6.54 Å². The van der Waals surface area contributed by atoms with Crippen molar-refractivity contribution in [1.29, 1.82) is 0 Å². The van der Waals surface area contributed by atoms with Gasteiger partial charge in [0.25, 0.3) is 0 Å². The molecule has 2 aromatic rings. The first kappa shape index (κ1) is 17.1. The normalized spacial score (nSPS) is 13.8. The Hall–Kier alpha value is -2.28. The monoisotopic (exact) mass is 320 g/mol. The van der Waals surface area contributed by atoms with Crippen molar-refractivity contribution in [2.45, 2.75) is 45.9 Å². The quantitative estimate of drug-likeness (QED) is 0.731. The topological polar surface area (TPSA) is 92.3 Å². The average molecular weight is 320 g/mol. The van der Waals surface area contributed by atoms with Crippen molar-refractivity contribution in [2.24, 2.45) is 5.92 Å². The number of aliphatic hydroxyl groups is 1. The van der Waals surface area contributed by atoms with Crippen LogP contribution in [0.15, 0.2) is 35.1 Å². The zero-order valence-corrected chi connectivity index (χ0v) is 13.7. The molecule has 23 heavy (non-hydrogen) atoms. The van der Waals surface area contributed by atoms with Crippen molar-refractivity contribution in [3.8, 4) is 0 Å². The number of carbonyl (C=O) groups is 1. The molecule has 126 valence electrons. The summed E-state index contributed by atoms with van der Waals surface area (Å²) in [6.07, 6.45) is 2.79. The third kappa shape index (κ3) is 5.14. The van der Waals surface area contributed by atoms with Crippen LogP contribution in [0.4, 0.5) is 10.6 Å². The molecular formula is C16H24N4O3. The summed E-state index contributed by atoms with van der Waals surface area (Å²) in [5.41, 5.74) is 0. The number of carbonyl (C=O) groups excluding carboxylic acids is 1. The van der Waals surface area contributed by atoms with Crippen LogP contribution in [0.2, 0.25) is 0 Å². The van der Waals surface area contributed by atoms with Gasteiger partial charge >= 0.3 is 6.03 Å². The van der Waals surface area contributed by atoms with Gasteiger partial charge in [-0.1, -0.05) is 13.8 Å². The lowest BCUT2D eigenvalue weighted by molar-refractivity contribution is 0.130. The van der Waals surface area contributed by atoms with Gasteiger partial charge in [-0.25, -0.2) is 9.48 Å². The van der Waals surface area contributed by atoms with E-state index in [1.165, 1.54) is 6.26 Å². The number of anilines is 1. The number of urea groups is 1. The summed E-state index contributed by atoms with van der Waals surface area (Å²) in [5.74, 6) is 1.57. The number of furan rings is 1. The number of rotatable bonds is 7. The van der Waals surface area contributed by atoms with E-state index in [1.54, 1.807) is 29.1 Å². The van der Waals surface area contributed by atoms with Crippen LogP contribution in [0.3, 0.4) is 0 Å². The maximum atomic E-state index is 12.1. The average Bonchev–Trinajstić information content (AvgIpc) is 3.10. The molecule has 2 atom stereocenters. The molecule has 7 heteroatoms. The smallest absolute Gasteiger partial charge is 0.320 e. The molecule has 2 unspecified atom stereocenters. The SMILES string of the molecule is CC(C)Cn1nccc1NC(=O)NC(C)CC(O)c1ccco1. The molecule has 3 N–H and O–H groups in total. The van der Waals surface area contributed by atoms with E-state index < -0.39 is 6.10 Å². The first-order valence-electron chi connectivity index (χ1n) is 7.76. The highest BCUT2D eigenvalue weighted by Gasteiger charge is 2.17. The van der Waals surface area contributed by atoms with Crippen molar-refractivity contribution >= 4 is 11.8 Å². The van der Waals surface area contributed by atoms with Crippen molar-refractivity contribution in [3.63, 3.8) is 0 Å². The van der Waals surface area contributed by atoms with E-state index in [0.29, 0.717) is 23.9 Å². The molecule has 0 bridgehead atoms. The van der Waals surface area contributed by atoms with Crippen LogP contribution in [0, 0.1) is 5.92 Å². The standard InChI is InChI=1S/C16H24N4O3/c1-11(2)10-20-15(6-7-17-20)19-16(22)18-12(3)9-13(21)14-5-4-8-23-14/h4-8,11-13,21H,9-10H2,1-3H3,(H2,18,19,22). The minimum atomic E-state index is -0.744. The number of aliphatic hydroxyl groups excluding tert-OH is 1. The van der Waals surface area contributed by atoms with E-state index in [4.69, 9.17) is 4.42 Å². The molecule has 0 aliphatic rings. The molecule has 0 aromatic carbocycles. The van der Waals surface area contributed by atoms with Crippen molar-refractivity contribution in [2.75, 3.05) is 5.32 Å². The summed E-state index contributed by atoms with van der Waals surface area (Å²) < 4.78 is 6.91. The number of amides is 2. The molecule has 0 spiro atoms. The van der Waals surface area contributed by atoms with Gasteiger partial charge < -0.3 is 14.8 Å². The predicted octanol–water partition coefficient (Wildman–Crippen LogP) is 2.77. The van der Waals surface area contributed by atoms with E-state index in [1.807, 2.05) is 6.92 Å². The van der Waals surface area contributed by atoms with Gasteiger partial charge in [0.1, 0.15) is 17.7 Å². The van der Waals surface area contributed by atoms with E-state index in [2.05, 4.69) is 29.6 Å². The summed E-state index contributed by atoms with van der Waals surface area (Å²) in [6, 6.07) is 4.65. The number of nitrogens with zero attached hydrogens (tertiary/aromatic N) is 2. The Balaban J connectivity index is 1.83. The van der Waals surface area contributed by atoms with Crippen LogP contribution in [0.1, 0.15) is 39.1 Å². The molecular weight excluding hydrogens is 296 g/mol. The molecule has 0 fully saturated rings. The number of nitrogens with one attached hydrogen (secondary N) is 2. The Morgan fingerprint density at radius 1 is 1.39 bits per heavy atom. The van der Waals surface area contributed by atoms with Crippen LogP contribution < -0.4 is 10.6 Å². The molecule has 0 saturated carbocycles. The maximum absolute atomic E-state index is 12.1. The second-order valence-electron chi connectivity index (χ2n) is 6.06. The lowest BCUT2D eigenvalue weighted by Gasteiger charge is -2.17. The highest BCUT2D eigenvalue weighted by Crippen LogP contribution is 2.18. The Bertz CT molecular complexity index is 607. The minimum Gasteiger partial charge on any atom is -0.467 e. The van der Waals surface area contributed by atoms with Gasteiger partial charge in [-0.15, -0.1) is 0 Å². The molecule has 7 nitrogen and oxygen atoms in total. The van der Waals surface area contributed by atoms with Gasteiger partial charge in [0.15, 0.2) is 0 Å². The van der Waals surface area contributed by atoms with E-state index >= 15 is 0 Å². The van der Waals surface area contributed by atoms with Crippen LogP contribution in [-0.4, -0.2) is 27.0 Å². The Morgan fingerprint density at radius 3 is 2.83 bits per heavy atom. The van der Waals surface area contributed by atoms with Gasteiger partial charge in [-0.3, -0.25) is 5.32 Å². The van der Waals surface area contributed by atoms with Gasteiger partial charge in [-0.05, 0) is 25.0 Å². The van der Waals surface area contributed by atoms with Gasteiger partial charge in [0, 0.05) is 25.1 Å². The summed E-state index contributed by atoms with van der Waals surface area (Å²) in [6.45, 7) is 6.74. The zero-order chi connectivity index (χ0) is 16.8. The molecule has 2 rings (SSSR count). The summed E-state index contributed by atoms with van der Waals surface area (Å²) in [5, 5.41) is 19.8. The van der Waals surface area contributed by atoms with Gasteiger partial charge in [0.2, 0.25) is 0 Å². The second-order valence-corrected chi connectivity index (χ2v) is 6.06. The van der Waals surface area contributed by atoms with Crippen LogP contribution in [-0.2, 0) is 6.54 Å². The van der Waals surface area contributed by atoms with Gasteiger partial charge in [-0.2, -0.15) is 5.10 Å². The Morgan fingerprint density at radius 2 is 2.17 bits per heavy atom. The molecule has 0 aliphatic heterocycles. The first-order valence-corrected chi connectivity index (χ1v) is 7.76. The Kier molecular flexibility index (Phi) is 5.81. The lowest BCUT2D eigenvalue weighted by Crippen LogP contribution is -2.37. The number of hydrogen-bond donors (Lipinski definition) is 3. The van der Waals surface area contributed by atoms with Crippen LogP contribution in [0.5, 0.6) is 0 Å². The second kappa shape index (κ2) is 7.82. The fraction of sp³-hybridized carbons (Fsp3) is 0.500. The molecule has 0 aliphatic carbocycles. The van der Waals surface area contributed by atoms with Crippen molar-refractivity contribution in [3.05, 3.63) is 36.4 Å². The maximum Gasteiger partial charge on any atom is 0.320 e. The molecule has 2 amide bonds. The van der Waals surface area contributed by atoms with E-state index in [-0.39, 0.29) is 12.1 Å². The fourth-order valence-corrected chi connectivity index (χ4v) is 2.30. The molecule has 2 heterocycles. The summed E-state index contributed by atoms with van der Waals surface area (Å²) >= 11 is 0. The highest BCUT2D eigenvalue weighted by atomic mass is 16.4. The predicted molar refractivity (Wildman–Crippen MR) is 87.0 cm³/mol. The minimum absolute atomic E-state index is 0.212. The van der Waals surface area contributed by atoms with E-state index in [9.17, 15) is 9.90 Å². The number of aromatic nitrogens is 2. The molecule has 0 radical (unpaired) electrons. The van der Waals surface area contributed by atoms with Gasteiger partial charge in [0.05, 0.1) is 12.5 Å². The van der Waals surface area contributed by atoms with Crippen molar-refractivity contribution < 1.29 is 14.3 Å². The van der Waals surface area contributed by atoms with Crippen LogP contribution >= 0.6 is 0 Å². The summed E-state index contributed by atoms with van der Waals surface area (Å²) in [7, 11) is 0. The molecule has 0 saturated heterocycles. The molecule has 2 aromatic heterocycles. The lowest BCUT2D eigenvalue weighted by atomic mass is 10.1. The zero-order valence-electron chi connectivity index (χ0n) is 13.7. The van der Waals surface area contributed by atoms with Crippen molar-refractivity contribution in [1.82, 2.24) is 15.1 Å². The van der Waals surface area contributed by atoms with Crippen LogP contribution in [0.25, 0.3) is 0 Å². The Labute approximate surface area is 135 Å². The third-order valence-corrected chi connectivity index (χ3v) is 3.32. The summed E-state index contributed by atoms with van der Waals surface area (Å²) in [4.78, 5) is 12.1.